The van der Waals surface area contributed by atoms with Crippen molar-refractivity contribution in [2.75, 3.05) is 0 Å². The molecule has 0 atom stereocenters. The van der Waals surface area contributed by atoms with Crippen molar-refractivity contribution in [3.05, 3.63) is 47.6 Å². The molecule has 1 aromatic carbocycles. The van der Waals surface area contributed by atoms with Gasteiger partial charge in [-0.05, 0) is 18.6 Å². The number of ether oxygens (including phenoxy) is 1. The Morgan fingerprint density at radius 1 is 1.40 bits per heavy atom. The first-order chi connectivity index (χ1) is 7.25. The van der Waals surface area contributed by atoms with Crippen LogP contribution in [0.3, 0.4) is 0 Å². The summed E-state index contributed by atoms with van der Waals surface area (Å²) in [4.78, 5) is 0. The highest BCUT2D eigenvalue weighted by molar-refractivity contribution is 5.28. The van der Waals surface area contributed by atoms with Crippen molar-refractivity contribution in [3.63, 3.8) is 0 Å². The van der Waals surface area contributed by atoms with Crippen LogP contribution in [0, 0.1) is 12.7 Å². The second kappa shape index (κ2) is 4.13. The van der Waals surface area contributed by atoms with Gasteiger partial charge in [-0.3, -0.25) is 0 Å². The molecule has 1 aromatic heterocycles. The van der Waals surface area contributed by atoms with Gasteiger partial charge in [0.1, 0.15) is 18.2 Å². The minimum Gasteiger partial charge on any atom is -0.485 e. The van der Waals surface area contributed by atoms with Gasteiger partial charge >= 0.3 is 0 Å². The number of aromatic nitrogens is 1. The maximum Gasteiger partial charge on any atom is 0.174 e. The predicted molar refractivity (Wildman–Crippen MR) is 52.0 cm³/mol. The Morgan fingerprint density at radius 3 is 2.93 bits per heavy atom. The van der Waals surface area contributed by atoms with Gasteiger partial charge in [-0.15, -0.1) is 0 Å². The van der Waals surface area contributed by atoms with Crippen LogP contribution >= 0.6 is 0 Å². The van der Waals surface area contributed by atoms with Crippen molar-refractivity contribution in [2.24, 2.45) is 0 Å². The highest BCUT2D eigenvalue weighted by atomic mass is 19.1. The molecule has 0 saturated heterocycles. The van der Waals surface area contributed by atoms with E-state index in [0.717, 1.165) is 0 Å². The first-order valence-corrected chi connectivity index (χ1v) is 4.54. The summed E-state index contributed by atoms with van der Waals surface area (Å²) in [6, 6.07) is 6.44. The Hall–Kier alpha value is -1.84. The van der Waals surface area contributed by atoms with Gasteiger partial charge in [0.2, 0.25) is 0 Å². The Balaban J connectivity index is 2.02. The van der Waals surface area contributed by atoms with Crippen LogP contribution in [0.2, 0.25) is 0 Å². The Labute approximate surface area is 86.5 Å². The third-order valence-electron chi connectivity index (χ3n) is 2.02. The van der Waals surface area contributed by atoms with Gasteiger partial charge in [-0.25, -0.2) is 4.39 Å². The van der Waals surface area contributed by atoms with Crippen molar-refractivity contribution < 1.29 is 13.7 Å². The molecule has 0 saturated carbocycles. The maximum atomic E-state index is 13.1. The quantitative estimate of drug-likeness (QED) is 0.776. The van der Waals surface area contributed by atoms with Crippen molar-refractivity contribution in [1.82, 2.24) is 5.16 Å². The lowest BCUT2D eigenvalue weighted by molar-refractivity contribution is 0.248. The van der Waals surface area contributed by atoms with Crippen LogP contribution in [0.25, 0.3) is 0 Å². The van der Waals surface area contributed by atoms with Crippen LogP contribution in [-0.2, 0) is 6.61 Å². The molecule has 4 heteroatoms. The fourth-order valence-corrected chi connectivity index (χ4v) is 1.13. The monoisotopic (exact) mass is 207 g/mol. The van der Waals surface area contributed by atoms with Gasteiger partial charge in [0, 0.05) is 12.1 Å². The minimum absolute atomic E-state index is 0.252. The summed E-state index contributed by atoms with van der Waals surface area (Å²) in [5, 5.41) is 3.54. The van der Waals surface area contributed by atoms with Crippen molar-refractivity contribution in [1.29, 1.82) is 0 Å². The van der Waals surface area contributed by atoms with Gasteiger partial charge in [0.25, 0.3) is 0 Å². The standard InChI is InChI=1S/C11H10FNO2/c1-8-2-3-9(6-11(8)12)14-7-10-4-5-13-15-10/h2-6H,7H2,1H3. The van der Waals surface area contributed by atoms with E-state index in [1.165, 1.54) is 12.3 Å². The van der Waals surface area contributed by atoms with Crippen molar-refractivity contribution in [2.45, 2.75) is 13.5 Å². The Kier molecular flexibility index (Phi) is 2.67. The fourth-order valence-electron chi connectivity index (χ4n) is 1.13. The smallest absolute Gasteiger partial charge is 0.174 e. The average Bonchev–Trinajstić information content (AvgIpc) is 2.73. The molecule has 1 heterocycles. The van der Waals surface area contributed by atoms with Crippen molar-refractivity contribution >= 4 is 0 Å². The molecule has 3 nitrogen and oxygen atoms in total. The number of hydrogen-bond acceptors (Lipinski definition) is 3. The van der Waals surface area contributed by atoms with Gasteiger partial charge < -0.3 is 9.26 Å². The molecule has 2 rings (SSSR count). The zero-order valence-corrected chi connectivity index (χ0v) is 8.24. The molecular formula is C11H10FNO2. The van der Waals surface area contributed by atoms with Crippen LogP contribution in [0.5, 0.6) is 5.75 Å². The molecular weight excluding hydrogens is 197 g/mol. The van der Waals surface area contributed by atoms with Crippen LogP contribution in [-0.4, -0.2) is 5.16 Å². The number of halogens is 1. The third kappa shape index (κ3) is 2.34. The largest absolute Gasteiger partial charge is 0.485 e. The average molecular weight is 207 g/mol. The molecule has 0 fully saturated rings. The van der Waals surface area contributed by atoms with E-state index in [-0.39, 0.29) is 12.4 Å². The molecule has 0 radical (unpaired) electrons. The van der Waals surface area contributed by atoms with Crippen LogP contribution < -0.4 is 4.74 Å². The van der Waals surface area contributed by atoms with Gasteiger partial charge in [0.05, 0.1) is 6.20 Å². The number of nitrogens with zero attached hydrogens (tertiary/aromatic N) is 1. The molecule has 0 amide bonds. The fraction of sp³-hybridized carbons (Fsp3) is 0.182. The van der Waals surface area contributed by atoms with E-state index in [1.54, 1.807) is 25.1 Å². The van der Waals surface area contributed by atoms with Gasteiger partial charge in [-0.2, -0.15) is 0 Å². The zero-order chi connectivity index (χ0) is 10.7. The topological polar surface area (TPSA) is 35.3 Å². The highest BCUT2D eigenvalue weighted by Gasteiger charge is 2.02. The van der Waals surface area contributed by atoms with E-state index in [9.17, 15) is 4.39 Å². The van der Waals surface area contributed by atoms with E-state index in [2.05, 4.69) is 5.16 Å². The Morgan fingerprint density at radius 2 is 2.27 bits per heavy atom. The first kappa shape index (κ1) is 9.71. The normalized spacial score (nSPS) is 10.3. The summed E-state index contributed by atoms with van der Waals surface area (Å²) in [6.45, 7) is 1.96. The lowest BCUT2D eigenvalue weighted by Crippen LogP contribution is -1.94. The highest BCUT2D eigenvalue weighted by Crippen LogP contribution is 2.16. The van der Waals surface area contributed by atoms with E-state index in [0.29, 0.717) is 17.1 Å². The molecule has 0 unspecified atom stereocenters. The number of hydrogen-bond donors (Lipinski definition) is 0. The van der Waals surface area contributed by atoms with E-state index in [4.69, 9.17) is 9.26 Å². The summed E-state index contributed by atoms with van der Waals surface area (Å²) >= 11 is 0. The maximum absolute atomic E-state index is 13.1. The number of benzene rings is 1. The molecule has 0 N–H and O–H groups in total. The second-order valence-corrected chi connectivity index (χ2v) is 3.18. The number of rotatable bonds is 3. The molecule has 0 aliphatic rings. The van der Waals surface area contributed by atoms with Crippen LogP contribution in [0.4, 0.5) is 4.39 Å². The van der Waals surface area contributed by atoms with Crippen molar-refractivity contribution in [3.8, 4) is 5.75 Å². The predicted octanol–water partition coefficient (Wildman–Crippen LogP) is 2.70. The molecule has 15 heavy (non-hydrogen) atoms. The molecule has 0 aliphatic heterocycles. The summed E-state index contributed by atoms with van der Waals surface area (Å²) in [7, 11) is 0. The molecule has 0 spiro atoms. The molecule has 2 aromatic rings. The lowest BCUT2D eigenvalue weighted by Gasteiger charge is -2.04. The van der Waals surface area contributed by atoms with E-state index in [1.807, 2.05) is 0 Å². The number of aryl methyl sites for hydroxylation is 1. The first-order valence-electron chi connectivity index (χ1n) is 4.54. The van der Waals surface area contributed by atoms with E-state index >= 15 is 0 Å². The molecule has 0 aliphatic carbocycles. The molecule has 0 bridgehead atoms. The van der Waals surface area contributed by atoms with Gasteiger partial charge in [0.15, 0.2) is 5.76 Å². The molecule has 78 valence electrons. The SMILES string of the molecule is Cc1ccc(OCc2ccno2)cc1F. The third-order valence-corrected chi connectivity index (χ3v) is 2.02. The van der Waals surface area contributed by atoms with Crippen LogP contribution in [0.1, 0.15) is 11.3 Å². The van der Waals surface area contributed by atoms with Gasteiger partial charge in [-0.1, -0.05) is 11.2 Å². The summed E-state index contributed by atoms with van der Waals surface area (Å²) in [5.41, 5.74) is 0.599. The summed E-state index contributed by atoms with van der Waals surface area (Å²) in [6.07, 6.45) is 1.54. The lowest BCUT2D eigenvalue weighted by atomic mass is 10.2. The van der Waals surface area contributed by atoms with E-state index < -0.39 is 0 Å². The second-order valence-electron chi connectivity index (χ2n) is 3.18. The minimum atomic E-state index is -0.273. The Bertz CT molecular complexity index is 440. The summed E-state index contributed by atoms with van der Waals surface area (Å²) < 4.78 is 23.3. The zero-order valence-electron chi connectivity index (χ0n) is 8.24. The van der Waals surface area contributed by atoms with Crippen LogP contribution in [0.15, 0.2) is 35.0 Å². The summed E-state index contributed by atoms with van der Waals surface area (Å²) in [5.74, 6) is 0.815.